The summed E-state index contributed by atoms with van der Waals surface area (Å²) in [5.74, 6) is 0. The molecule has 1 aliphatic rings. The SMILES string of the molecule is CCC1(n2cccc2)CC1. The Kier molecular flexibility index (Phi) is 1.13. The van der Waals surface area contributed by atoms with Crippen molar-refractivity contribution in [3.63, 3.8) is 0 Å². The van der Waals surface area contributed by atoms with Gasteiger partial charge in [-0.15, -0.1) is 0 Å². The van der Waals surface area contributed by atoms with Crippen LogP contribution in [0.5, 0.6) is 0 Å². The minimum absolute atomic E-state index is 0.531. The molecule has 1 aromatic rings. The standard InChI is InChI=1S/C9H13N/c1-2-9(5-6-9)10-7-3-4-8-10/h3-4,7-8H,2,5-6H2,1H3. The molecule has 0 bridgehead atoms. The first-order valence-electron chi connectivity index (χ1n) is 4.01. The van der Waals surface area contributed by atoms with Crippen molar-refractivity contribution in [2.45, 2.75) is 31.7 Å². The Labute approximate surface area is 61.7 Å². The Bertz CT molecular complexity index is 207. The summed E-state index contributed by atoms with van der Waals surface area (Å²) >= 11 is 0. The van der Waals surface area contributed by atoms with E-state index >= 15 is 0 Å². The molecule has 1 nitrogen and oxygen atoms in total. The van der Waals surface area contributed by atoms with Crippen LogP contribution in [0.2, 0.25) is 0 Å². The Morgan fingerprint density at radius 3 is 2.30 bits per heavy atom. The van der Waals surface area contributed by atoms with Crippen LogP contribution in [0.1, 0.15) is 26.2 Å². The van der Waals surface area contributed by atoms with Crippen LogP contribution in [-0.2, 0) is 5.54 Å². The summed E-state index contributed by atoms with van der Waals surface area (Å²) in [6, 6.07) is 4.21. The summed E-state index contributed by atoms with van der Waals surface area (Å²) < 4.78 is 2.35. The minimum Gasteiger partial charge on any atom is -0.348 e. The quantitative estimate of drug-likeness (QED) is 0.586. The van der Waals surface area contributed by atoms with Gasteiger partial charge in [-0.25, -0.2) is 0 Å². The number of nitrogens with zero attached hydrogens (tertiary/aromatic N) is 1. The second-order valence-electron chi connectivity index (χ2n) is 3.17. The lowest BCUT2D eigenvalue weighted by molar-refractivity contribution is 0.467. The lowest BCUT2D eigenvalue weighted by Gasteiger charge is -2.13. The summed E-state index contributed by atoms with van der Waals surface area (Å²) in [6.07, 6.45) is 8.38. The normalized spacial score (nSPS) is 20.9. The van der Waals surface area contributed by atoms with Crippen LogP contribution in [0.25, 0.3) is 0 Å². The van der Waals surface area contributed by atoms with Crippen LogP contribution in [0.4, 0.5) is 0 Å². The van der Waals surface area contributed by atoms with Gasteiger partial charge in [-0.3, -0.25) is 0 Å². The maximum atomic E-state index is 2.35. The van der Waals surface area contributed by atoms with Crippen molar-refractivity contribution < 1.29 is 0 Å². The van der Waals surface area contributed by atoms with Crippen LogP contribution < -0.4 is 0 Å². The fraction of sp³-hybridized carbons (Fsp3) is 0.556. The third kappa shape index (κ3) is 0.698. The van der Waals surface area contributed by atoms with E-state index in [0.29, 0.717) is 5.54 Å². The van der Waals surface area contributed by atoms with Gasteiger partial charge in [-0.1, -0.05) is 6.92 Å². The van der Waals surface area contributed by atoms with E-state index in [1.807, 2.05) is 0 Å². The molecule has 0 aliphatic heterocycles. The van der Waals surface area contributed by atoms with Crippen LogP contribution in [0.3, 0.4) is 0 Å². The van der Waals surface area contributed by atoms with E-state index in [-0.39, 0.29) is 0 Å². The third-order valence-corrected chi connectivity index (χ3v) is 2.64. The monoisotopic (exact) mass is 135 g/mol. The maximum Gasteiger partial charge on any atom is 0.0439 e. The highest BCUT2D eigenvalue weighted by Crippen LogP contribution is 2.46. The van der Waals surface area contributed by atoms with E-state index in [2.05, 4.69) is 36.0 Å². The molecule has 1 heterocycles. The van der Waals surface area contributed by atoms with Crippen molar-refractivity contribution in [1.29, 1.82) is 0 Å². The van der Waals surface area contributed by atoms with Crippen LogP contribution in [0.15, 0.2) is 24.5 Å². The Morgan fingerprint density at radius 1 is 1.30 bits per heavy atom. The van der Waals surface area contributed by atoms with E-state index in [1.165, 1.54) is 19.3 Å². The van der Waals surface area contributed by atoms with Crippen molar-refractivity contribution in [2.75, 3.05) is 0 Å². The van der Waals surface area contributed by atoms with Crippen molar-refractivity contribution >= 4 is 0 Å². The molecule has 0 unspecified atom stereocenters. The molecule has 0 spiro atoms. The van der Waals surface area contributed by atoms with Gasteiger partial charge in [0.05, 0.1) is 0 Å². The van der Waals surface area contributed by atoms with Crippen LogP contribution in [0, 0.1) is 0 Å². The molecule has 54 valence electrons. The van der Waals surface area contributed by atoms with E-state index in [1.54, 1.807) is 0 Å². The number of aromatic nitrogens is 1. The van der Waals surface area contributed by atoms with Crippen molar-refractivity contribution in [2.24, 2.45) is 0 Å². The molecule has 0 N–H and O–H groups in total. The van der Waals surface area contributed by atoms with E-state index in [9.17, 15) is 0 Å². The summed E-state index contributed by atoms with van der Waals surface area (Å²) in [6.45, 7) is 2.27. The third-order valence-electron chi connectivity index (χ3n) is 2.64. The predicted octanol–water partition coefficient (Wildman–Crippen LogP) is 2.39. The van der Waals surface area contributed by atoms with Gasteiger partial charge in [-0.2, -0.15) is 0 Å². The summed E-state index contributed by atoms with van der Waals surface area (Å²) in [5.41, 5.74) is 0.531. The van der Waals surface area contributed by atoms with Crippen LogP contribution >= 0.6 is 0 Å². The lowest BCUT2D eigenvalue weighted by Crippen LogP contribution is -2.12. The molecular formula is C9H13N. The fourth-order valence-electron chi connectivity index (χ4n) is 1.59. The molecule has 1 aliphatic carbocycles. The Morgan fingerprint density at radius 2 is 1.90 bits per heavy atom. The Hall–Kier alpha value is -0.720. The molecule has 1 aromatic heterocycles. The van der Waals surface area contributed by atoms with Gasteiger partial charge in [-0.05, 0) is 31.4 Å². The first-order chi connectivity index (χ1) is 4.87. The highest BCUT2D eigenvalue weighted by Gasteiger charge is 2.41. The zero-order valence-electron chi connectivity index (χ0n) is 6.38. The van der Waals surface area contributed by atoms with Gasteiger partial charge in [0.15, 0.2) is 0 Å². The summed E-state index contributed by atoms with van der Waals surface area (Å²) in [5, 5.41) is 0. The molecular weight excluding hydrogens is 122 g/mol. The largest absolute Gasteiger partial charge is 0.348 e. The summed E-state index contributed by atoms with van der Waals surface area (Å²) in [7, 11) is 0. The van der Waals surface area contributed by atoms with E-state index in [4.69, 9.17) is 0 Å². The number of hydrogen-bond acceptors (Lipinski definition) is 0. The minimum atomic E-state index is 0.531. The van der Waals surface area contributed by atoms with Gasteiger partial charge in [0.2, 0.25) is 0 Å². The molecule has 10 heavy (non-hydrogen) atoms. The Balaban J connectivity index is 2.27. The van der Waals surface area contributed by atoms with E-state index < -0.39 is 0 Å². The highest BCUT2D eigenvalue weighted by molar-refractivity contribution is 5.05. The second kappa shape index (κ2) is 1.88. The van der Waals surface area contributed by atoms with Gasteiger partial charge in [0.25, 0.3) is 0 Å². The van der Waals surface area contributed by atoms with Crippen molar-refractivity contribution in [1.82, 2.24) is 4.57 Å². The average Bonchev–Trinajstić information content (AvgIpc) is 2.58. The molecule has 0 aromatic carbocycles. The van der Waals surface area contributed by atoms with Crippen molar-refractivity contribution in [3.05, 3.63) is 24.5 Å². The van der Waals surface area contributed by atoms with Gasteiger partial charge < -0.3 is 4.57 Å². The smallest absolute Gasteiger partial charge is 0.0439 e. The van der Waals surface area contributed by atoms with Gasteiger partial charge in [0, 0.05) is 17.9 Å². The second-order valence-corrected chi connectivity index (χ2v) is 3.17. The molecule has 1 heteroatoms. The lowest BCUT2D eigenvalue weighted by atomic mass is 10.2. The number of hydrogen-bond donors (Lipinski definition) is 0. The van der Waals surface area contributed by atoms with Crippen molar-refractivity contribution in [3.8, 4) is 0 Å². The van der Waals surface area contributed by atoms with Gasteiger partial charge in [0.1, 0.15) is 0 Å². The molecule has 2 rings (SSSR count). The summed E-state index contributed by atoms with van der Waals surface area (Å²) in [4.78, 5) is 0. The predicted molar refractivity (Wildman–Crippen MR) is 41.9 cm³/mol. The number of rotatable bonds is 2. The zero-order chi connectivity index (χ0) is 7.03. The first-order valence-corrected chi connectivity index (χ1v) is 4.01. The molecule has 0 saturated heterocycles. The fourth-order valence-corrected chi connectivity index (χ4v) is 1.59. The van der Waals surface area contributed by atoms with Crippen LogP contribution in [-0.4, -0.2) is 4.57 Å². The maximum absolute atomic E-state index is 2.35. The average molecular weight is 135 g/mol. The topological polar surface area (TPSA) is 4.93 Å². The zero-order valence-corrected chi connectivity index (χ0v) is 6.38. The molecule has 0 radical (unpaired) electrons. The molecule has 1 saturated carbocycles. The highest BCUT2D eigenvalue weighted by atomic mass is 15.1. The van der Waals surface area contributed by atoms with Gasteiger partial charge >= 0.3 is 0 Å². The molecule has 0 amide bonds. The van der Waals surface area contributed by atoms with E-state index in [0.717, 1.165) is 0 Å². The first kappa shape index (κ1) is 6.02. The molecule has 1 fully saturated rings. The molecule has 0 atom stereocenters.